The van der Waals surface area contributed by atoms with Crippen molar-refractivity contribution < 1.29 is 9.63 Å². The molecule has 1 N–H and O–H groups in total. The van der Waals surface area contributed by atoms with Crippen LogP contribution in [0.4, 0.5) is 0 Å². The summed E-state index contributed by atoms with van der Waals surface area (Å²) in [7, 11) is 0. The van der Waals surface area contributed by atoms with E-state index in [4.69, 9.17) is 4.52 Å². The Balaban J connectivity index is 1.85. The average Bonchev–Trinajstić information content (AvgIpc) is 2.73. The highest BCUT2D eigenvalue weighted by atomic mass is 16.5. The highest BCUT2D eigenvalue weighted by Gasteiger charge is 2.25. The topological polar surface area (TPSA) is 62.4 Å². The Bertz CT molecular complexity index is 390. The van der Waals surface area contributed by atoms with Crippen LogP contribution in [-0.4, -0.2) is 38.8 Å². The summed E-state index contributed by atoms with van der Waals surface area (Å²) in [6, 6.07) is 0. The van der Waals surface area contributed by atoms with E-state index >= 15 is 0 Å². The van der Waals surface area contributed by atoms with Crippen LogP contribution in [0, 0.1) is 0 Å². The number of aromatic nitrogens is 2. The highest BCUT2D eigenvalue weighted by molar-refractivity contribution is 4.88. The molecule has 19 heavy (non-hydrogen) atoms. The molecular weight excluding hydrogens is 242 g/mol. The van der Waals surface area contributed by atoms with Gasteiger partial charge in [0.05, 0.1) is 12.1 Å². The Morgan fingerprint density at radius 1 is 1.37 bits per heavy atom. The molecule has 0 spiro atoms. The third-order valence-corrected chi connectivity index (χ3v) is 3.78. The van der Waals surface area contributed by atoms with Gasteiger partial charge in [-0.25, -0.2) is 0 Å². The Morgan fingerprint density at radius 2 is 2.21 bits per heavy atom. The molecule has 1 aromatic heterocycles. The molecule has 0 aromatic carbocycles. The predicted octanol–water partition coefficient (Wildman–Crippen LogP) is 2.15. The molecule has 5 nitrogen and oxygen atoms in total. The smallest absolute Gasteiger partial charge is 0.240 e. The second-order valence-corrected chi connectivity index (χ2v) is 5.83. The third-order valence-electron chi connectivity index (χ3n) is 3.78. The van der Waals surface area contributed by atoms with Gasteiger partial charge in [-0.1, -0.05) is 18.5 Å². The molecular formula is C14H25N3O2. The molecule has 1 aromatic rings. The van der Waals surface area contributed by atoms with Crippen molar-refractivity contribution in [2.45, 2.75) is 64.5 Å². The first-order chi connectivity index (χ1) is 9.09. The van der Waals surface area contributed by atoms with E-state index in [1.165, 1.54) is 0 Å². The van der Waals surface area contributed by atoms with Gasteiger partial charge in [0.15, 0.2) is 5.82 Å². The Labute approximate surface area is 115 Å². The van der Waals surface area contributed by atoms with E-state index in [1.54, 1.807) is 0 Å². The third kappa shape index (κ3) is 4.58. The Kier molecular flexibility index (Phi) is 4.93. The first kappa shape index (κ1) is 14.5. The van der Waals surface area contributed by atoms with Gasteiger partial charge in [0.2, 0.25) is 5.89 Å². The number of aryl methyl sites for hydroxylation is 1. The number of rotatable bonds is 5. The lowest BCUT2D eigenvalue weighted by Crippen LogP contribution is -2.28. The standard InChI is InChI=1S/C14H25N3O2/c1-3-4-6-12-15-13(19-16-12)11-17-9-5-7-14(2,18)8-10-17/h18H,3-11H2,1-2H3. The fraction of sp³-hybridized carbons (Fsp3) is 0.857. The van der Waals surface area contributed by atoms with Crippen LogP contribution in [0.15, 0.2) is 4.52 Å². The average molecular weight is 267 g/mol. The van der Waals surface area contributed by atoms with Crippen molar-refractivity contribution in [1.29, 1.82) is 0 Å². The second kappa shape index (κ2) is 6.48. The zero-order chi connectivity index (χ0) is 13.7. The molecule has 1 aliphatic heterocycles. The maximum Gasteiger partial charge on any atom is 0.240 e. The zero-order valence-electron chi connectivity index (χ0n) is 12.1. The Hall–Kier alpha value is -0.940. The van der Waals surface area contributed by atoms with E-state index in [1.807, 2.05) is 6.92 Å². The van der Waals surface area contributed by atoms with Gasteiger partial charge >= 0.3 is 0 Å². The molecule has 1 fully saturated rings. The molecule has 1 atom stereocenters. The summed E-state index contributed by atoms with van der Waals surface area (Å²) in [5.74, 6) is 1.52. The number of unbranched alkanes of at least 4 members (excludes halogenated alkanes) is 1. The van der Waals surface area contributed by atoms with Gasteiger partial charge in [-0.2, -0.15) is 4.98 Å². The van der Waals surface area contributed by atoms with Crippen LogP contribution in [0.25, 0.3) is 0 Å². The first-order valence-electron chi connectivity index (χ1n) is 7.35. The molecule has 1 saturated heterocycles. The summed E-state index contributed by atoms with van der Waals surface area (Å²) in [5, 5.41) is 14.1. The summed E-state index contributed by atoms with van der Waals surface area (Å²) < 4.78 is 5.29. The highest BCUT2D eigenvalue weighted by Crippen LogP contribution is 2.22. The molecule has 0 radical (unpaired) electrons. The predicted molar refractivity (Wildman–Crippen MR) is 72.7 cm³/mol. The van der Waals surface area contributed by atoms with E-state index < -0.39 is 5.60 Å². The second-order valence-electron chi connectivity index (χ2n) is 5.83. The molecule has 0 amide bonds. The van der Waals surface area contributed by atoms with Gasteiger partial charge in [0.25, 0.3) is 0 Å². The summed E-state index contributed by atoms with van der Waals surface area (Å²) in [5.41, 5.74) is -0.518. The maximum atomic E-state index is 10.1. The van der Waals surface area contributed by atoms with Gasteiger partial charge in [-0.15, -0.1) is 0 Å². The molecule has 0 bridgehead atoms. The summed E-state index contributed by atoms with van der Waals surface area (Å²) >= 11 is 0. The first-order valence-corrected chi connectivity index (χ1v) is 7.35. The van der Waals surface area contributed by atoms with E-state index in [9.17, 15) is 5.11 Å². The van der Waals surface area contributed by atoms with Crippen molar-refractivity contribution in [3.63, 3.8) is 0 Å². The largest absolute Gasteiger partial charge is 0.390 e. The van der Waals surface area contributed by atoms with Crippen molar-refractivity contribution in [2.24, 2.45) is 0 Å². The number of likely N-dealkylation sites (tertiary alicyclic amines) is 1. The SMILES string of the molecule is CCCCc1noc(CN2CCCC(C)(O)CC2)n1. The van der Waals surface area contributed by atoms with Crippen LogP contribution in [0.3, 0.4) is 0 Å². The number of hydrogen-bond acceptors (Lipinski definition) is 5. The molecule has 0 aliphatic carbocycles. The number of hydrogen-bond donors (Lipinski definition) is 1. The summed E-state index contributed by atoms with van der Waals surface area (Å²) in [4.78, 5) is 6.72. The molecule has 1 unspecified atom stereocenters. The monoisotopic (exact) mass is 267 g/mol. The fourth-order valence-corrected chi connectivity index (χ4v) is 2.46. The molecule has 2 rings (SSSR count). The Morgan fingerprint density at radius 3 is 3.00 bits per heavy atom. The van der Waals surface area contributed by atoms with Crippen LogP contribution in [0.2, 0.25) is 0 Å². The van der Waals surface area contributed by atoms with Crippen molar-refractivity contribution in [3.05, 3.63) is 11.7 Å². The summed E-state index contributed by atoms with van der Waals surface area (Å²) in [6.07, 6.45) is 5.84. The van der Waals surface area contributed by atoms with Crippen molar-refractivity contribution >= 4 is 0 Å². The van der Waals surface area contributed by atoms with Crippen molar-refractivity contribution in [1.82, 2.24) is 15.0 Å². The van der Waals surface area contributed by atoms with Gasteiger partial charge in [-0.3, -0.25) is 4.90 Å². The minimum atomic E-state index is -0.518. The molecule has 108 valence electrons. The minimum Gasteiger partial charge on any atom is -0.390 e. The summed E-state index contributed by atoms with van der Waals surface area (Å²) in [6.45, 7) is 6.66. The minimum absolute atomic E-state index is 0.518. The molecule has 2 heterocycles. The normalized spacial score (nSPS) is 25.4. The van der Waals surface area contributed by atoms with E-state index in [-0.39, 0.29) is 0 Å². The van der Waals surface area contributed by atoms with Gasteiger partial charge in [0, 0.05) is 13.0 Å². The molecule has 5 heteroatoms. The lowest BCUT2D eigenvalue weighted by Gasteiger charge is -2.21. The van der Waals surface area contributed by atoms with E-state index in [0.717, 1.165) is 57.4 Å². The quantitative estimate of drug-likeness (QED) is 0.885. The van der Waals surface area contributed by atoms with Gasteiger partial charge < -0.3 is 9.63 Å². The van der Waals surface area contributed by atoms with Crippen LogP contribution >= 0.6 is 0 Å². The van der Waals surface area contributed by atoms with Crippen LogP contribution < -0.4 is 0 Å². The van der Waals surface area contributed by atoms with E-state index in [2.05, 4.69) is 22.0 Å². The lowest BCUT2D eigenvalue weighted by atomic mass is 9.98. The van der Waals surface area contributed by atoms with Crippen molar-refractivity contribution in [2.75, 3.05) is 13.1 Å². The van der Waals surface area contributed by atoms with Crippen LogP contribution in [0.1, 0.15) is 57.7 Å². The van der Waals surface area contributed by atoms with Crippen LogP contribution in [-0.2, 0) is 13.0 Å². The number of nitrogens with zero attached hydrogens (tertiary/aromatic N) is 3. The maximum absolute atomic E-state index is 10.1. The lowest BCUT2D eigenvalue weighted by molar-refractivity contribution is 0.0440. The van der Waals surface area contributed by atoms with Crippen LogP contribution in [0.5, 0.6) is 0 Å². The van der Waals surface area contributed by atoms with Gasteiger partial charge in [0.1, 0.15) is 0 Å². The van der Waals surface area contributed by atoms with E-state index in [0.29, 0.717) is 12.4 Å². The number of aliphatic hydroxyl groups is 1. The molecule has 1 aliphatic rings. The zero-order valence-corrected chi connectivity index (χ0v) is 12.1. The fourth-order valence-electron chi connectivity index (χ4n) is 2.46. The van der Waals surface area contributed by atoms with Crippen molar-refractivity contribution in [3.8, 4) is 0 Å². The molecule has 0 saturated carbocycles. The van der Waals surface area contributed by atoms with Gasteiger partial charge in [-0.05, 0) is 39.2 Å².